The molecule has 1 unspecified atom stereocenters. The van der Waals surface area contributed by atoms with Gasteiger partial charge in [0.25, 0.3) is 0 Å². The van der Waals surface area contributed by atoms with E-state index in [2.05, 4.69) is 10.5 Å². The molecule has 3 heterocycles. The minimum Gasteiger partial charge on any atom is -0.394 e. The molecule has 2 aliphatic heterocycles. The van der Waals surface area contributed by atoms with Crippen molar-refractivity contribution in [3.8, 4) is 0 Å². The second-order valence-electron chi connectivity index (χ2n) is 7.12. The number of carbonyl (C=O) groups is 1. The molecule has 1 aromatic heterocycles. The molecule has 1 aromatic rings. The number of hydrogen-bond acceptors (Lipinski definition) is 9. The van der Waals surface area contributed by atoms with Gasteiger partial charge in [-0.25, -0.2) is 10.3 Å². The Hall–Kier alpha value is -2.05. The van der Waals surface area contributed by atoms with Crippen molar-refractivity contribution in [1.82, 2.24) is 14.5 Å². The number of aliphatic hydroxyl groups excluding tert-OH is 3. The predicted molar refractivity (Wildman–Crippen MR) is 96.1 cm³/mol. The van der Waals surface area contributed by atoms with Gasteiger partial charge in [-0.15, -0.1) is 0 Å². The normalized spacial score (nSPS) is 30.4. The molecule has 5 atom stereocenters. The number of anilines is 1. The van der Waals surface area contributed by atoms with Crippen LogP contribution in [0, 0.1) is 5.92 Å². The molecule has 1 amide bonds. The van der Waals surface area contributed by atoms with E-state index in [1.54, 1.807) is 11.8 Å². The summed E-state index contributed by atoms with van der Waals surface area (Å²) in [5.41, 5.74) is 1.91. The van der Waals surface area contributed by atoms with E-state index >= 15 is 0 Å². The monoisotopic (exact) mass is 398 g/mol. The van der Waals surface area contributed by atoms with Crippen molar-refractivity contribution < 1.29 is 29.7 Å². The standard InChI is InChI=1S/C17H26N4O7/c1-10(23)20-5-2-3-11(7-20)9-27-19-13-4-6-21(17(26)18-13)16-15(25)14(24)12(8-22)28-16/h4,6,11-12,14-16,22,24-25H,2-3,5,7-9H2,1H3,(H,18,19,26)/t11?,12-,14-,15-,16-/m1/s1. The van der Waals surface area contributed by atoms with Gasteiger partial charge < -0.3 is 25.0 Å². The minimum atomic E-state index is -1.36. The lowest BCUT2D eigenvalue weighted by Crippen LogP contribution is -2.40. The first-order valence-corrected chi connectivity index (χ1v) is 9.25. The summed E-state index contributed by atoms with van der Waals surface area (Å²) in [4.78, 5) is 34.7. The maximum absolute atomic E-state index is 12.2. The first-order valence-electron chi connectivity index (χ1n) is 9.25. The van der Waals surface area contributed by atoms with Crippen LogP contribution >= 0.6 is 0 Å². The van der Waals surface area contributed by atoms with Crippen LogP contribution in [0.1, 0.15) is 26.0 Å². The number of hydrogen-bond donors (Lipinski definition) is 4. The minimum absolute atomic E-state index is 0.0489. The van der Waals surface area contributed by atoms with E-state index in [0.717, 1.165) is 24.0 Å². The molecule has 11 heteroatoms. The Morgan fingerprint density at radius 2 is 2.21 bits per heavy atom. The maximum Gasteiger partial charge on any atom is 0.351 e. The second-order valence-corrected chi connectivity index (χ2v) is 7.12. The van der Waals surface area contributed by atoms with Gasteiger partial charge >= 0.3 is 5.69 Å². The van der Waals surface area contributed by atoms with E-state index in [-0.39, 0.29) is 17.6 Å². The summed E-state index contributed by atoms with van der Waals surface area (Å²) in [5.74, 6) is 0.435. The summed E-state index contributed by atoms with van der Waals surface area (Å²) in [6.45, 7) is 2.83. The molecule has 0 aliphatic carbocycles. The van der Waals surface area contributed by atoms with E-state index in [4.69, 9.17) is 14.7 Å². The topological polar surface area (TPSA) is 146 Å². The van der Waals surface area contributed by atoms with E-state index in [1.807, 2.05) is 0 Å². The zero-order chi connectivity index (χ0) is 20.3. The quantitative estimate of drug-likeness (QED) is 0.419. The molecule has 0 radical (unpaired) electrons. The van der Waals surface area contributed by atoms with Crippen LogP contribution in [0.2, 0.25) is 0 Å². The highest BCUT2D eigenvalue weighted by atomic mass is 16.6. The fourth-order valence-corrected chi connectivity index (χ4v) is 3.49. The smallest absolute Gasteiger partial charge is 0.351 e. The fraction of sp³-hybridized carbons (Fsp3) is 0.706. The molecule has 2 fully saturated rings. The predicted octanol–water partition coefficient (Wildman–Crippen LogP) is -1.54. The van der Waals surface area contributed by atoms with E-state index in [0.29, 0.717) is 13.2 Å². The van der Waals surface area contributed by atoms with Crippen LogP contribution in [0.25, 0.3) is 0 Å². The van der Waals surface area contributed by atoms with Gasteiger partial charge in [-0.05, 0) is 18.9 Å². The highest BCUT2D eigenvalue weighted by Gasteiger charge is 2.43. The molecule has 0 bridgehead atoms. The molecule has 2 saturated heterocycles. The Balaban J connectivity index is 1.55. The first-order chi connectivity index (χ1) is 13.4. The number of carbonyl (C=O) groups excluding carboxylic acids is 1. The number of aliphatic hydroxyl groups is 3. The third-order valence-electron chi connectivity index (χ3n) is 5.08. The zero-order valence-electron chi connectivity index (χ0n) is 15.6. The van der Waals surface area contributed by atoms with Crippen LogP contribution in [0.15, 0.2) is 17.1 Å². The van der Waals surface area contributed by atoms with Crippen molar-refractivity contribution in [1.29, 1.82) is 0 Å². The largest absolute Gasteiger partial charge is 0.394 e. The number of ether oxygens (including phenoxy) is 1. The van der Waals surface area contributed by atoms with Gasteiger partial charge in [-0.1, -0.05) is 0 Å². The Kier molecular flexibility index (Phi) is 6.62. The highest BCUT2D eigenvalue weighted by molar-refractivity contribution is 5.73. The van der Waals surface area contributed by atoms with Gasteiger partial charge in [0.15, 0.2) is 12.0 Å². The maximum atomic E-state index is 12.2. The van der Waals surface area contributed by atoms with Gasteiger partial charge in [0, 0.05) is 32.1 Å². The number of nitrogens with one attached hydrogen (secondary N) is 1. The van der Waals surface area contributed by atoms with Crippen LogP contribution in [-0.4, -0.2) is 80.3 Å². The summed E-state index contributed by atoms with van der Waals surface area (Å²) in [6, 6.07) is 1.47. The lowest BCUT2D eigenvalue weighted by molar-refractivity contribution is -0.131. The number of aromatic nitrogens is 2. The zero-order valence-corrected chi connectivity index (χ0v) is 15.6. The average Bonchev–Trinajstić information content (AvgIpc) is 2.96. The van der Waals surface area contributed by atoms with Gasteiger partial charge in [-0.3, -0.25) is 14.2 Å². The number of nitrogens with zero attached hydrogens (tertiary/aromatic N) is 3. The van der Waals surface area contributed by atoms with Crippen LogP contribution in [0.5, 0.6) is 0 Å². The van der Waals surface area contributed by atoms with Gasteiger partial charge in [0.05, 0.1) is 13.2 Å². The number of rotatable bonds is 6. The number of amides is 1. The summed E-state index contributed by atoms with van der Waals surface area (Å²) < 4.78 is 6.36. The van der Waals surface area contributed by atoms with Crippen molar-refractivity contribution in [2.75, 3.05) is 31.8 Å². The third kappa shape index (κ3) is 4.50. The van der Waals surface area contributed by atoms with Gasteiger partial charge in [0.1, 0.15) is 18.3 Å². The van der Waals surface area contributed by atoms with Crippen LogP contribution in [0.3, 0.4) is 0 Å². The Labute approximate surface area is 161 Å². The fourth-order valence-electron chi connectivity index (χ4n) is 3.49. The second kappa shape index (κ2) is 8.97. The van der Waals surface area contributed by atoms with E-state index in [9.17, 15) is 19.8 Å². The lowest BCUT2D eigenvalue weighted by atomic mass is 9.99. The van der Waals surface area contributed by atoms with Crippen LogP contribution in [0.4, 0.5) is 5.82 Å². The van der Waals surface area contributed by atoms with Crippen molar-refractivity contribution in [3.05, 3.63) is 22.7 Å². The van der Waals surface area contributed by atoms with Gasteiger partial charge in [0.2, 0.25) is 5.91 Å². The average molecular weight is 398 g/mol. The summed E-state index contributed by atoms with van der Waals surface area (Å²) in [5, 5.41) is 28.9. The number of likely N-dealkylation sites (tertiary alicyclic amines) is 1. The van der Waals surface area contributed by atoms with Crippen LogP contribution < -0.4 is 11.2 Å². The third-order valence-corrected chi connectivity index (χ3v) is 5.08. The van der Waals surface area contributed by atoms with Crippen molar-refractivity contribution in [3.63, 3.8) is 0 Å². The molecular formula is C17H26N4O7. The van der Waals surface area contributed by atoms with Crippen molar-refractivity contribution >= 4 is 11.7 Å². The number of piperidine rings is 1. The molecule has 156 valence electrons. The summed E-state index contributed by atoms with van der Waals surface area (Å²) in [7, 11) is 0. The SMILES string of the molecule is CC(=O)N1CCCC(CONc2ccn([C@@H]3O[C@H](CO)[C@@H](O)[C@H]3O)c(=O)n2)C1. The molecule has 2 aliphatic rings. The Bertz CT molecular complexity index is 742. The molecule has 11 nitrogen and oxygen atoms in total. The Morgan fingerprint density at radius 3 is 2.86 bits per heavy atom. The Morgan fingerprint density at radius 1 is 1.43 bits per heavy atom. The van der Waals surface area contributed by atoms with Crippen LogP contribution in [-0.2, 0) is 14.4 Å². The first kappa shape index (κ1) is 20.7. The summed E-state index contributed by atoms with van der Waals surface area (Å²) >= 11 is 0. The molecule has 28 heavy (non-hydrogen) atoms. The molecule has 4 N–H and O–H groups in total. The van der Waals surface area contributed by atoms with E-state index in [1.165, 1.54) is 12.3 Å². The molecule has 3 rings (SSSR count). The van der Waals surface area contributed by atoms with Crippen molar-refractivity contribution in [2.24, 2.45) is 5.92 Å². The van der Waals surface area contributed by atoms with Crippen molar-refractivity contribution in [2.45, 2.75) is 44.3 Å². The summed E-state index contributed by atoms with van der Waals surface area (Å²) in [6.07, 6.45) is -1.53. The molecular weight excluding hydrogens is 372 g/mol. The van der Waals surface area contributed by atoms with Gasteiger partial charge in [-0.2, -0.15) is 4.98 Å². The van der Waals surface area contributed by atoms with E-state index < -0.39 is 36.8 Å². The molecule has 0 aromatic carbocycles. The lowest BCUT2D eigenvalue weighted by Gasteiger charge is -2.31. The highest BCUT2D eigenvalue weighted by Crippen LogP contribution is 2.28. The molecule has 0 saturated carbocycles. The molecule has 0 spiro atoms.